The van der Waals surface area contributed by atoms with Crippen molar-refractivity contribution in [2.45, 2.75) is 12.8 Å². The Kier molecular flexibility index (Phi) is 4.88. The van der Waals surface area contributed by atoms with Gasteiger partial charge in [0.25, 0.3) is 0 Å². The molecule has 1 saturated heterocycles. The number of aromatic amines is 1. The lowest BCUT2D eigenvalue weighted by molar-refractivity contribution is 0.238. The van der Waals surface area contributed by atoms with Crippen LogP contribution in [0.25, 0.3) is 22.5 Å². The third kappa shape index (κ3) is 3.73. The Balaban J connectivity index is 1.48. The van der Waals surface area contributed by atoms with Crippen LogP contribution < -0.4 is 10.5 Å². The molecule has 0 aliphatic carbocycles. The second kappa shape index (κ2) is 7.62. The summed E-state index contributed by atoms with van der Waals surface area (Å²) in [6, 6.07) is 17.9. The Hall–Kier alpha value is -2.79. The number of rotatable bonds is 6. The number of nitrogens with one attached hydrogen (secondary N) is 1. The van der Waals surface area contributed by atoms with Crippen LogP contribution in [0, 0.1) is 0 Å². The molecule has 0 saturated carbocycles. The summed E-state index contributed by atoms with van der Waals surface area (Å²) < 4.78 is 5.95. The average Bonchev–Trinajstić information content (AvgIpc) is 3.36. The van der Waals surface area contributed by atoms with Gasteiger partial charge in [-0.05, 0) is 50.2 Å². The van der Waals surface area contributed by atoms with E-state index in [1.54, 1.807) is 0 Å². The number of nitrogens with zero attached hydrogens (tertiary/aromatic N) is 2. The third-order valence-corrected chi connectivity index (χ3v) is 4.84. The summed E-state index contributed by atoms with van der Waals surface area (Å²) in [5.74, 6) is 0.837. The zero-order valence-corrected chi connectivity index (χ0v) is 14.8. The van der Waals surface area contributed by atoms with Crippen molar-refractivity contribution in [2.24, 2.45) is 0 Å². The number of aromatic nitrogens is 2. The van der Waals surface area contributed by atoms with Crippen LogP contribution in [0.2, 0.25) is 0 Å². The van der Waals surface area contributed by atoms with Crippen LogP contribution in [0.1, 0.15) is 12.8 Å². The molecule has 3 aromatic rings. The SMILES string of the molecule is Nc1ccc(OCCN2CCCC2)cc1-c1cc(-c2ccccc2)n[nH]1. The van der Waals surface area contributed by atoms with Crippen LogP contribution in [0.3, 0.4) is 0 Å². The molecule has 1 fully saturated rings. The molecular weight excluding hydrogens is 324 g/mol. The van der Waals surface area contributed by atoms with Gasteiger partial charge in [0.15, 0.2) is 0 Å². The molecule has 0 radical (unpaired) electrons. The van der Waals surface area contributed by atoms with Crippen LogP contribution in [-0.4, -0.2) is 41.3 Å². The van der Waals surface area contributed by atoms with Crippen LogP contribution in [0.15, 0.2) is 54.6 Å². The van der Waals surface area contributed by atoms with E-state index in [2.05, 4.69) is 15.1 Å². The molecule has 5 nitrogen and oxygen atoms in total. The zero-order valence-electron chi connectivity index (χ0n) is 14.8. The van der Waals surface area contributed by atoms with Gasteiger partial charge in [0, 0.05) is 23.4 Å². The molecule has 1 aliphatic rings. The highest BCUT2D eigenvalue weighted by molar-refractivity contribution is 5.77. The van der Waals surface area contributed by atoms with Gasteiger partial charge in [-0.1, -0.05) is 30.3 Å². The van der Waals surface area contributed by atoms with Gasteiger partial charge in [0.05, 0.1) is 11.4 Å². The first-order valence-corrected chi connectivity index (χ1v) is 9.15. The fourth-order valence-corrected chi connectivity index (χ4v) is 3.37. The number of benzene rings is 2. The first-order chi connectivity index (χ1) is 12.8. The minimum Gasteiger partial charge on any atom is -0.492 e. The van der Waals surface area contributed by atoms with Crippen LogP contribution in [0.5, 0.6) is 5.75 Å². The molecule has 4 rings (SSSR count). The lowest BCUT2D eigenvalue weighted by Gasteiger charge is -2.15. The summed E-state index contributed by atoms with van der Waals surface area (Å²) in [5.41, 5.74) is 10.7. The van der Waals surface area contributed by atoms with Gasteiger partial charge in [-0.15, -0.1) is 0 Å². The quantitative estimate of drug-likeness (QED) is 0.665. The highest BCUT2D eigenvalue weighted by Crippen LogP contribution is 2.31. The van der Waals surface area contributed by atoms with Gasteiger partial charge >= 0.3 is 0 Å². The van der Waals surface area contributed by atoms with E-state index < -0.39 is 0 Å². The molecule has 0 bridgehead atoms. The molecule has 2 aromatic carbocycles. The fraction of sp³-hybridized carbons (Fsp3) is 0.286. The summed E-state index contributed by atoms with van der Waals surface area (Å²) in [6.45, 7) is 4.04. The van der Waals surface area contributed by atoms with Crippen molar-refractivity contribution >= 4 is 5.69 Å². The summed E-state index contributed by atoms with van der Waals surface area (Å²) in [6.07, 6.45) is 2.60. The number of likely N-dealkylation sites (tertiary alicyclic amines) is 1. The van der Waals surface area contributed by atoms with Gasteiger partial charge in [0.1, 0.15) is 12.4 Å². The van der Waals surface area contributed by atoms with E-state index in [1.807, 2.05) is 54.6 Å². The number of nitrogen functional groups attached to an aromatic ring is 1. The van der Waals surface area contributed by atoms with Crippen molar-refractivity contribution in [1.29, 1.82) is 0 Å². The first-order valence-electron chi connectivity index (χ1n) is 9.15. The lowest BCUT2D eigenvalue weighted by atomic mass is 10.1. The minimum absolute atomic E-state index is 0.696. The normalized spacial score (nSPS) is 14.6. The van der Waals surface area contributed by atoms with E-state index >= 15 is 0 Å². The second-order valence-electron chi connectivity index (χ2n) is 6.68. The largest absolute Gasteiger partial charge is 0.492 e. The van der Waals surface area contributed by atoms with E-state index in [0.29, 0.717) is 12.3 Å². The summed E-state index contributed by atoms with van der Waals surface area (Å²) in [4.78, 5) is 2.44. The maximum absolute atomic E-state index is 6.19. The Bertz CT molecular complexity index is 853. The number of hydrogen-bond donors (Lipinski definition) is 2. The molecule has 26 heavy (non-hydrogen) atoms. The Morgan fingerprint density at radius 3 is 2.65 bits per heavy atom. The number of H-pyrrole nitrogens is 1. The minimum atomic E-state index is 0.696. The number of anilines is 1. The molecule has 0 unspecified atom stereocenters. The van der Waals surface area contributed by atoms with Crippen molar-refractivity contribution in [3.63, 3.8) is 0 Å². The van der Waals surface area contributed by atoms with Crippen LogP contribution in [0.4, 0.5) is 5.69 Å². The number of nitrogens with two attached hydrogens (primary N) is 1. The Labute approximate surface area is 153 Å². The molecule has 1 aromatic heterocycles. The standard InChI is InChI=1S/C21H24N4O/c22-19-9-8-17(26-13-12-25-10-4-5-11-25)14-18(19)21-15-20(23-24-21)16-6-2-1-3-7-16/h1-3,6-9,14-15H,4-5,10-13,22H2,(H,23,24). The van der Waals surface area contributed by atoms with Crippen molar-refractivity contribution in [3.05, 3.63) is 54.6 Å². The molecular formula is C21H24N4O. The first kappa shape index (κ1) is 16.7. The average molecular weight is 348 g/mol. The molecule has 0 spiro atoms. The highest BCUT2D eigenvalue weighted by Gasteiger charge is 2.12. The lowest BCUT2D eigenvalue weighted by Crippen LogP contribution is -2.25. The fourth-order valence-electron chi connectivity index (χ4n) is 3.37. The topological polar surface area (TPSA) is 67.2 Å². The highest BCUT2D eigenvalue weighted by atomic mass is 16.5. The number of hydrogen-bond acceptors (Lipinski definition) is 4. The van der Waals surface area contributed by atoms with Gasteiger partial charge < -0.3 is 10.5 Å². The molecule has 3 N–H and O–H groups in total. The Morgan fingerprint density at radius 2 is 1.85 bits per heavy atom. The summed E-state index contributed by atoms with van der Waals surface area (Å²) >= 11 is 0. The van der Waals surface area contributed by atoms with E-state index in [9.17, 15) is 0 Å². The van der Waals surface area contributed by atoms with E-state index in [1.165, 1.54) is 25.9 Å². The maximum Gasteiger partial charge on any atom is 0.120 e. The summed E-state index contributed by atoms with van der Waals surface area (Å²) in [7, 11) is 0. The predicted molar refractivity (Wildman–Crippen MR) is 105 cm³/mol. The Morgan fingerprint density at radius 1 is 1.04 bits per heavy atom. The third-order valence-electron chi connectivity index (χ3n) is 4.84. The maximum atomic E-state index is 6.19. The van der Waals surface area contributed by atoms with Crippen molar-refractivity contribution in [3.8, 4) is 28.3 Å². The summed E-state index contributed by atoms with van der Waals surface area (Å²) in [5, 5.41) is 7.52. The van der Waals surface area contributed by atoms with E-state index in [0.717, 1.165) is 34.8 Å². The molecule has 134 valence electrons. The van der Waals surface area contributed by atoms with Gasteiger partial charge in [-0.25, -0.2) is 0 Å². The van der Waals surface area contributed by atoms with Gasteiger partial charge in [0.2, 0.25) is 0 Å². The number of ether oxygens (including phenoxy) is 1. The molecule has 5 heteroatoms. The van der Waals surface area contributed by atoms with Crippen molar-refractivity contribution < 1.29 is 4.74 Å². The smallest absolute Gasteiger partial charge is 0.120 e. The van der Waals surface area contributed by atoms with Crippen LogP contribution in [-0.2, 0) is 0 Å². The van der Waals surface area contributed by atoms with Gasteiger partial charge in [-0.3, -0.25) is 10.00 Å². The predicted octanol–water partition coefficient (Wildman–Crippen LogP) is 3.80. The molecule has 1 aliphatic heterocycles. The zero-order chi connectivity index (χ0) is 17.8. The van der Waals surface area contributed by atoms with Crippen molar-refractivity contribution in [1.82, 2.24) is 15.1 Å². The molecule has 2 heterocycles. The van der Waals surface area contributed by atoms with Crippen LogP contribution >= 0.6 is 0 Å². The molecule has 0 amide bonds. The molecule has 0 atom stereocenters. The van der Waals surface area contributed by atoms with E-state index in [-0.39, 0.29) is 0 Å². The van der Waals surface area contributed by atoms with Crippen molar-refractivity contribution in [2.75, 3.05) is 32.0 Å². The van der Waals surface area contributed by atoms with E-state index in [4.69, 9.17) is 10.5 Å². The van der Waals surface area contributed by atoms with Gasteiger partial charge in [-0.2, -0.15) is 5.10 Å². The second-order valence-corrected chi connectivity index (χ2v) is 6.68. The monoisotopic (exact) mass is 348 g/mol.